The molecule has 2 N–H and O–H groups in total. The van der Waals surface area contributed by atoms with Crippen LogP contribution >= 0.6 is 0 Å². The van der Waals surface area contributed by atoms with E-state index in [4.69, 9.17) is 0 Å². The topological polar surface area (TPSA) is 44.4 Å². The van der Waals surface area contributed by atoms with Crippen molar-refractivity contribution in [3.63, 3.8) is 0 Å². The van der Waals surface area contributed by atoms with Gasteiger partial charge in [0.25, 0.3) is 0 Å². The second-order valence-electron chi connectivity index (χ2n) is 4.65. The van der Waals surface area contributed by atoms with Crippen LogP contribution in [0.5, 0.6) is 0 Å². The zero-order valence-electron chi connectivity index (χ0n) is 10.0. The Balaban J connectivity index is 2.18. The summed E-state index contributed by atoms with van der Waals surface area (Å²) < 4.78 is 0. The van der Waals surface area contributed by atoms with Gasteiger partial charge in [-0.15, -0.1) is 0 Å². The molecule has 1 heterocycles. The van der Waals surface area contributed by atoms with Gasteiger partial charge in [0.2, 0.25) is 5.91 Å². The fourth-order valence-electron chi connectivity index (χ4n) is 1.78. The number of amides is 1. The minimum absolute atomic E-state index is 0.0480. The standard InChI is InChI=1S/C11H23N3O/c1-9(6-8-14(2)3)13-11(15)10-5-4-7-12-10/h9-10,12H,4-8H2,1-3H3,(H,13,15)/t9?,10-/m1/s1. The number of nitrogens with zero attached hydrogens (tertiary/aromatic N) is 1. The van der Waals surface area contributed by atoms with E-state index >= 15 is 0 Å². The van der Waals surface area contributed by atoms with Crippen LogP contribution in [-0.4, -0.2) is 50.1 Å². The van der Waals surface area contributed by atoms with Gasteiger partial charge in [0, 0.05) is 6.04 Å². The van der Waals surface area contributed by atoms with Gasteiger partial charge in [0.05, 0.1) is 6.04 Å². The first kappa shape index (κ1) is 12.5. The zero-order chi connectivity index (χ0) is 11.3. The van der Waals surface area contributed by atoms with E-state index in [2.05, 4.69) is 22.5 Å². The van der Waals surface area contributed by atoms with E-state index in [-0.39, 0.29) is 18.0 Å². The van der Waals surface area contributed by atoms with E-state index in [1.807, 2.05) is 14.1 Å². The second kappa shape index (κ2) is 6.08. The molecule has 0 aromatic carbocycles. The maximum Gasteiger partial charge on any atom is 0.237 e. The molecule has 1 aliphatic rings. The summed E-state index contributed by atoms with van der Waals surface area (Å²) in [5, 5.41) is 6.25. The average Bonchev–Trinajstić information content (AvgIpc) is 2.67. The van der Waals surface area contributed by atoms with Crippen LogP contribution in [-0.2, 0) is 4.79 Å². The number of rotatable bonds is 5. The Morgan fingerprint density at radius 3 is 2.87 bits per heavy atom. The van der Waals surface area contributed by atoms with Crippen molar-refractivity contribution in [1.82, 2.24) is 15.5 Å². The van der Waals surface area contributed by atoms with Crippen LogP contribution in [0.4, 0.5) is 0 Å². The molecule has 4 heteroatoms. The minimum atomic E-state index is 0.0480. The van der Waals surface area contributed by atoms with Crippen molar-refractivity contribution in [3.8, 4) is 0 Å². The molecule has 2 atom stereocenters. The largest absolute Gasteiger partial charge is 0.352 e. The molecule has 1 amide bonds. The van der Waals surface area contributed by atoms with E-state index in [1.165, 1.54) is 0 Å². The van der Waals surface area contributed by atoms with Crippen molar-refractivity contribution in [3.05, 3.63) is 0 Å². The van der Waals surface area contributed by atoms with Gasteiger partial charge in [-0.1, -0.05) is 0 Å². The number of carbonyl (C=O) groups excluding carboxylic acids is 1. The van der Waals surface area contributed by atoms with E-state index < -0.39 is 0 Å². The average molecular weight is 213 g/mol. The predicted molar refractivity (Wildman–Crippen MR) is 61.8 cm³/mol. The minimum Gasteiger partial charge on any atom is -0.352 e. The summed E-state index contributed by atoms with van der Waals surface area (Å²) in [6, 6.07) is 0.314. The number of hydrogen-bond acceptors (Lipinski definition) is 3. The molecule has 15 heavy (non-hydrogen) atoms. The van der Waals surface area contributed by atoms with Crippen LogP contribution in [0.25, 0.3) is 0 Å². The third-order valence-corrected chi connectivity index (χ3v) is 2.77. The normalized spacial score (nSPS) is 23.1. The fraction of sp³-hybridized carbons (Fsp3) is 0.909. The summed E-state index contributed by atoms with van der Waals surface area (Å²) in [5.74, 6) is 0.166. The molecule has 1 saturated heterocycles. The van der Waals surface area contributed by atoms with E-state index in [0.29, 0.717) is 0 Å². The Hall–Kier alpha value is -0.610. The molecule has 1 unspecified atom stereocenters. The monoisotopic (exact) mass is 213 g/mol. The molecule has 0 bridgehead atoms. The lowest BCUT2D eigenvalue weighted by atomic mass is 10.2. The van der Waals surface area contributed by atoms with Crippen LogP contribution < -0.4 is 10.6 Å². The third kappa shape index (κ3) is 4.62. The molecule has 0 saturated carbocycles. The van der Waals surface area contributed by atoms with Crippen LogP contribution in [0, 0.1) is 0 Å². The highest BCUT2D eigenvalue weighted by atomic mass is 16.2. The Morgan fingerprint density at radius 2 is 2.33 bits per heavy atom. The molecule has 1 aliphatic heterocycles. The van der Waals surface area contributed by atoms with Crippen molar-refractivity contribution in [2.24, 2.45) is 0 Å². The summed E-state index contributed by atoms with van der Waals surface area (Å²) in [5.41, 5.74) is 0. The van der Waals surface area contributed by atoms with Crippen LogP contribution in [0.1, 0.15) is 26.2 Å². The fourth-order valence-corrected chi connectivity index (χ4v) is 1.78. The van der Waals surface area contributed by atoms with Crippen molar-refractivity contribution in [1.29, 1.82) is 0 Å². The maximum atomic E-state index is 11.7. The molecule has 4 nitrogen and oxygen atoms in total. The van der Waals surface area contributed by atoms with Crippen LogP contribution in [0.3, 0.4) is 0 Å². The highest BCUT2D eigenvalue weighted by molar-refractivity contribution is 5.82. The molecule has 1 fully saturated rings. The van der Waals surface area contributed by atoms with Gasteiger partial charge >= 0.3 is 0 Å². The summed E-state index contributed by atoms with van der Waals surface area (Å²) in [6.45, 7) is 4.06. The Labute approximate surface area is 92.4 Å². The molecule has 0 aliphatic carbocycles. The van der Waals surface area contributed by atoms with E-state index in [9.17, 15) is 4.79 Å². The molecule has 0 spiro atoms. The van der Waals surface area contributed by atoms with Crippen LogP contribution in [0.15, 0.2) is 0 Å². The van der Waals surface area contributed by atoms with Gasteiger partial charge in [-0.25, -0.2) is 0 Å². The highest BCUT2D eigenvalue weighted by Gasteiger charge is 2.22. The molecule has 0 radical (unpaired) electrons. The van der Waals surface area contributed by atoms with Crippen LogP contribution in [0.2, 0.25) is 0 Å². The number of carbonyl (C=O) groups is 1. The lowest BCUT2D eigenvalue weighted by molar-refractivity contribution is -0.123. The van der Waals surface area contributed by atoms with Gasteiger partial charge < -0.3 is 15.5 Å². The molecule has 1 rings (SSSR count). The Morgan fingerprint density at radius 1 is 1.60 bits per heavy atom. The van der Waals surface area contributed by atoms with Gasteiger partial charge in [-0.2, -0.15) is 0 Å². The van der Waals surface area contributed by atoms with Gasteiger partial charge in [0.1, 0.15) is 0 Å². The molecule has 0 aromatic rings. The zero-order valence-corrected chi connectivity index (χ0v) is 10.0. The molecule has 0 aromatic heterocycles. The SMILES string of the molecule is CC(CCN(C)C)NC(=O)[C@H]1CCCN1. The Kier molecular flexibility index (Phi) is 5.05. The van der Waals surface area contributed by atoms with Crippen molar-refractivity contribution in [2.75, 3.05) is 27.2 Å². The number of nitrogens with one attached hydrogen (secondary N) is 2. The summed E-state index contributed by atoms with van der Waals surface area (Å²) >= 11 is 0. The van der Waals surface area contributed by atoms with E-state index in [0.717, 1.165) is 32.4 Å². The lowest BCUT2D eigenvalue weighted by Crippen LogP contribution is -2.44. The predicted octanol–water partition coefficient (Wildman–Crippen LogP) is 0.195. The first-order valence-electron chi connectivity index (χ1n) is 5.78. The maximum absolute atomic E-state index is 11.7. The first-order chi connectivity index (χ1) is 7.09. The third-order valence-electron chi connectivity index (χ3n) is 2.77. The van der Waals surface area contributed by atoms with E-state index in [1.54, 1.807) is 0 Å². The first-order valence-corrected chi connectivity index (χ1v) is 5.78. The second-order valence-corrected chi connectivity index (χ2v) is 4.65. The Bertz CT molecular complexity index is 200. The van der Waals surface area contributed by atoms with Gasteiger partial charge in [0.15, 0.2) is 0 Å². The van der Waals surface area contributed by atoms with Gasteiger partial charge in [-0.05, 0) is 53.4 Å². The highest BCUT2D eigenvalue weighted by Crippen LogP contribution is 2.05. The molecular weight excluding hydrogens is 190 g/mol. The van der Waals surface area contributed by atoms with Crippen molar-refractivity contribution < 1.29 is 4.79 Å². The molecule has 88 valence electrons. The van der Waals surface area contributed by atoms with Crippen molar-refractivity contribution in [2.45, 2.75) is 38.3 Å². The smallest absolute Gasteiger partial charge is 0.237 e. The number of hydrogen-bond donors (Lipinski definition) is 2. The molecular formula is C11H23N3O. The van der Waals surface area contributed by atoms with Crippen molar-refractivity contribution >= 4 is 5.91 Å². The van der Waals surface area contributed by atoms with Gasteiger partial charge in [-0.3, -0.25) is 4.79 Å². The summed E-state index contributed by atoms with van der Waals surface area (Å²) in [4.78, 5) is 13.8. The lowest BCUT2D eigenvalue weighted by Gasteiger charge is -2.19. The quantitative estimate of drug-likeness (QED) is 0.685. The summed E-state index contributed by atoms with van der Waals surface area (Å²) in [6.07, 6.45) is 3.10. The summed E-state index contributed by atoms with van der Waals surface area (Å²) in [7, 11) is 4.10.